The van der Waals surface area contributed by atoms with Gasteiger partial charge in [0.25, 0.3) is 0 Å². The molecule has 0 spiro atoms. The molecule has 0 radical (unpaired) electrons. The molecule has 148 valence electrons. The molecular weight excluding hydrogens is 472 g/mol. The summed E-state index contributed by atoms with van der Waals surface area (Å²) >= 11 is 6.17. The maximum atomic E-state index is 12.8. The van der Waals surface area contributed by atoms with Crippen molar-refractivity contribution in [2.45, 2.75) is 18.6 Å². The van der Waals surface area contributed by atoms with E-state index in [-0.39, 0.29) is 18.2 Å². The Kier molecular flexibility index (Phi) is 5.98. The van der Waals surface area contributed by atoms with Crippen molar-refractivity contribution in [3.05, 3.63) is 53.0 Å². The lowest BCUT2D eigenvalue weighted by Crippen LogP contribution is -2.33. The second kappa shape index (κ2) is 8.64. The van der Waals surface area contributed by atoms with E-state index >= 15 is 0 Å². The van der Waals surface area contributed by atoms with E-state index in [1.807, 2.05) is 55.5 Å². The molecule has 1 saturated heterocycles. The van der Waals surface area contributed by atoms with E-state index < -0.39 is 5.25 Å². The number of aliphatic imine (C=N–C) groups is 1. The summed E-state index contributed by atoms with van der Waals surface area (Å²) in [4.78, 5) is 35.9. The molecule has 2 aromatic carbocycles. The first-order valence-electron chi connectivity index (χ1n) is 9.01. The number of nitrogens with zero attached hydrogens (tertiary/aromatic N) is 3. The topological polar surface area (TPSA) is 74.7 Å². The number of amidine groups is 1. The highest BCUT2D eigenvalue weighted by Crippen LogP contribution is 2.34. The summed E-state index contributed by atoms with van der Waals surface area (Å²) in [6, 6.07) is 15.2. The van der Waals surface area contributed by atoms with Crippen LogP contribution in [0.2, 0.25) is 0 Å². The summed E-state index contributed by atoms with van der Waals surface area (Å²) in [5.74, 6) is -0.293. The lowest BCUT2D eigenvalue weighted by Gasteiger charge is -2.12. The van der Waals surface area contributed by atoms with Crippen LogP contribution in [0.5, 0.6) is 0 Å². The van der Waals surface area contributed by atoms with Crippen LogP contribution in [0, 0.1) is 0 Å². The molecule has 2 amide bonds. The molecular formula is C20H17BrN4O2S2. The van der Waals surface area contributed by atoms with E-state index in [0.29, 0.717) is 22.5 Å². The molecule has 0 bridgehead atoms. The largest absolute Gasteiger partial charge is 0.326 e. The van der Waals surface area contributed by atoms with Gasteiger partial charge in [-0.05, 0) is 43.3 Å². The molecule has 0 saturated carbocycles. The monoisotopic (exact) mass is 488 g/mol. The van der Waals surface area contributed by atoms with Gasteiger partial charge in [-0.25, -0.2) is 4.98 Å². The van der Waals surface area contributed by atoms with Gasteiger partial charge in [0.05, 0.1) is 10.2 Å². The number of halogens is 1. The van der Waals surface area contributed by atoms with Crippen molar-refractivity contribution in [2.75, 3.05) is 11.9 Å². The number of para-hydroxylation sites is 1. The summed E-state index contributed by atoms with van der Waals surface area (Å²) in [5, 5.41) is 3.56. The quantitative estimate of drug-likeness (QED) is 0.545. The predicted molar refractivity (Wildman–Crippen MR) is 123 cm³/mol. The zero-order chi connectivity index (χ0) is 20.4. The highest BCUT2D eigenvalue weighted by molar-refractivity contribution is 9.10. The van der Waals surface area contributed by atoms with Gasteiger partial charge in [-0.1, -0.05) is 51.2 Å². The van der Waals surface area contributed by atoms with Crippen LogP contribution in [0.3, 0.4) is 0 Å². The Morgan fingerprint density at radius 1 is 1.24 bits per heavy atom. The standard InChI is InChI=1S/C20H17BrN4O2S2/c1-2-25-18(27)16(11-17(26)22-13-9-7-12(21)8-10-13)29-20(25)24-19-23-14-5-3-4-6-15(14)28-19/h3-10,16H,2,11H2,1H3,(H,22,26). The van der Waals surface area contributed by atoms with Gasteiger partial charge in [-0.2, -0.15) is 4.99 Å². The summed E-state index contributed by atoms with van der Waals surface area (Å²) in [7, 11) is 0. The molecule has 1 aliphatic rings. The Labute approximate surface area is 184 Å². The number of benzene rings is 2. The Balaban J connectivity index is 1.48. The van der Waals surface area contributed by atoms with E-state index in [9.17, 15) is 9.59 Å². The van der Waals surface area contributed by atoms with Crippen LogP contribution in [0.15, 0.2) is 58.0 Å². The Bertz CT molecular complexity index is 1060. The molecule has 0 aliphatic carbocycles. The molecule has 2 heterocycles. The lowest BCUT2D eigenvalue weighted by atomic mass is 10.2. The third kappa shape index (κ3) is 4.52. The van der Waals surface area contributed by atoms with Gasteiger partial charge in [-0.15, -0.1) is 0 Å². The molecule has 3 aromatic rings. The van der Waals surface area contributed by atoms with Gasteiger partial charge < -0.3 is 5.32 Å². The van der Waals surface area contributed by atoms with Crippen LogP contribution < -0.4 is 5.32 Å². The zero-order valence-corrected chi connectivity index (χ0v) is 18.7. The average molecular weight is 489 g/mol. The molecule has 1 aliphatic heterocycles. The lowest BCUT2D eigenvalue weighted by molar-refractivity contribution is -0.128. The molecule has 1 aromatic heterocycles. The number of rotatable bonds is 5. The van der Waals surface area contributed by atoms with E-state index in [0.717, 1.165) is 14.7 Å². The number of fused-ring (bicyclic) bond motifs is 1. The third-order valence-electron chi connectivity index (χ3n) is 4.31. The predicted octanol–water partition coefficient (Wildman–Crippen LogP) is 5.04. The number of carbonyl (C=O) groups excluding carboxylic acids is 2. The highest BCUT2D eigenvalue weighted by atomic mass is 79.9. The minimum Gasteiger partial charge on any atom is -0.326 e. The Hall–Kier alpha value is -2.23. The van der Waals surface area contributed by atoms with Crippen molar-refractivity contribution in [1.82, 2.24) is 9.88 Å². The number of aromatic nitrogens is 1. The molecule has 1 atom stereocenters. The average Bonchev–Trinajstić information content (AvgIpc) is 3.24. The van der Waals surface area contributed by atoms with Crippen molar-refractivity contribution in [1.29, 1.82) is 0 Å². The number of nitrogens with one attached hydrogen (secondary N) is 1. The zero-order valence-electron chi connectivity index (χ0n) is 15.5. The normalized spacial score (nSPS) is 18.0. The van der Waals surface area contributed by atoms with Crippen LogP contribution in [-0.4, -0.2) is 38.7 Å². The summed E-state index contributed by atoms with van der Waals surface area (Å²) < 4.78 is 1.99. The fourth-order valence-corrected chi connectivity index (χ4v) is 5.28. The summed E-state index contributed by atoms with van der Waals surface area (Å²) in [6.07, 6.45) is 0.0922. The Morgan fingerprint density at radius 3 is 2.72 bits per heavy atom. The number of thioether (sulfide) groups is 1. The number of amides is 2. The minimum absolute atomic E-state index is 0.0922. The molecule has 4 rings (SSSR count). The first-order chi connectivity index (χ1) is 14.0. The van der Waals surface area contributed by atoms with Crippen LogP contribution in [0.25, 0.3) is 10.2 Å². The van der Waals surface area contributed by atoms with Gasteiger partial charge in [0.15, 0.2) is 5.17 Å². The third-order valence-corrected chi connectivity index (χ3v) is 6.94. The van der Waals surface area contributed by atoms with Crippen molar-refractivity contribution >= 4 is 77.0 Å². The van der Waals surface area contributed by atoms with Gasteiger partial charge in [0, 0.05) is 23.1 Å². The van der Waals surface area contributed by atoms with Gasteiger partial charge >= 0.3 is 0 Å². The molecule has 6 nitrogen and oxygen atoms in total. The molecule has 1 unspecified atom stereocenters. The van der Waals surface area contributed by atoms with Crippen LogP contribution >= 0.6 is 39.0 Å². The molecule has 1 fully saturated rings. The van der Waals surface area contributed by atoms with Crippen LogP contribution in [0.1, 0.15) is 13.3 Å². The van der Waals surface area contributed by atoms with Crippen molar-refractivity contribution in [3.8, 4) is 0 Å². The van der Waals surface area contributed by atoms with Crippen LogP contribution in [-0.2, 0) is 9.59 Å². The van der Waals surface area contributed by atoms with Crippen molar-refractivity contribution in [2.24, 2.45) is 4.99 Å². The number of thiazole rings is 1. The van der Waals surface area contributed by atoms with E-state index in [4.69, 9.17) is 0 Å². The van der Waals surface area contributed by atoms with Gasteiger partial charge in [0.2, 0.25) is 16.9 Å². The second-order valence-corrected chi connectivity index (χ2v) is 9.40. The molecule has 9 heteroatoms. The number of carbonyl (C=O) groups is 2. The minimum atomic E-state index is -0.487. The smallest absolute Gasteiger partial charge is 0.242 e. The van der Waals surface area contributed by atoms with Gasteiger partial charge in [-0.3, -0.25) is 14.5 Å². The fraction of sp³-hybridized carbons (Fsp3) is 0.200. The van der Waals surface area contributed by atoms with E-state index in [1.165, 1.54) is 23.1 Å². The number of anilines is 1. The highest BCUT2D eigenvalue weighted by Gasteiger charge is 2.38. The maximum absolute atomic E-state index is 12.8. The fourth-order valence-electron chi connectivity index (χ4n) is 2.92. The first kappa shape index (κ1) is 20.1. The molecule has 29 heavy (non-hydrogen) atoms. The van der Waals surface area contributed by atoms with Crippen molar-refractivity contribution < 1.29 is 9.59 Å². The van der Waals surface area contributed by atoms with E-state index in [2.05, 4.69) is 31.2 Å². The molecule has 1 N–H and O–H groups in total. The number of hydrogen-bond donors (Lipinski definition) is 1. The van der Waals surface area contributed by atoms with Gasteiger partial charge in [0.1, 0.15) is 5.25 Å². The first-order valence-corrected chi connectivity index (χ1v) is 11.5. The maximum Gasteiger partial charge on any atom is 0.242 e. The van der Waals surface area contributed by atoms with E-state index in [1.54, 1.807) is 4.90 Å². The SMILES string of the molecule is CCN1C(=O)C(CC(=O)Nc2ccc(Br)cc2)SC1=Nc1nc2ccccc2s1. The summed E-state index contributed by atoms with van der Waals surface area (Å²) in [5.41, 5.74) is 1.59. The summed E-state index contributed by atoms with van der Waals surface area (Å²) in [6.45, 7) is 2.40. The van der Waals surface area contributed by atoms with Crippen LogP contribution in [0.4, 0.5) is 10.8 Å². The Morgan fingerprint density at radius 2 is 2.00 bits per heavy atom. The van der Waals surface area contributed by atoms with Crippen molar-refractivity contribution in [3.63, 3.8) is 0 Å². The number of hydrogen-bond acceptors (Lipinski definition) is 6. The second-order valence-electron chi connectivity index (χ2n) is 6.31.